The fourth-order valence-electron chi connectivity index (χ4n) is 1.67. The number of hydrogen-bond acceptors (Lipinski definition) is 3. The van der Waals surface area contributed by atoms with E-state index in [1.54, 1.807) is 48.5 Å². The molecule has 0 heterocycles. The zero-order chi connectivity index (χ0) is 15.9. The summed E-state index contributed by atoms with van der Waals surface area (Å²) in [6.45, 7) is 0. The van der Waals surface area contributed by atoms with Crippen LogP contribution in [0.2, 0.25) is 0 Å². The highest BCUT2D eigenvalue weighted by Gasteiger charge is 2.13. The van der Waals surface area contributed by atoms with Crippen LogP contribution in [0.5, 0.6) is 5.75 Å². The second-order valence-corrected chi connectivity index (χ2v) is 4.23. The number of ether oxygens (including phenoxy) is 1. The van der Waals surface area contributed by atoms with E-state index in [2.05, 4.69) is 9.98 Å². The summed E-state index contributed by atoms with van der Waals surface area (Å²) >= 11 is 0. The summed E-state index contributed by atoms with van der Waals surface area (Å²) in [7, 11) is 0. The summed E-state index contributed by atoms with van der Waals surface area (Å²) < 4.78 is 5.27. The molecule has 2 aromatic carbocycles. The third-order valence-corrected chi connectivity index (χ3v) is 2.56. The molecule has 0 atom stereocenters. The number of nitrogens with two attached hydrogens (primary N) is 3. The number of carbonyl (C=O) groups is 1. The van der Waals surface area contributed by atoms with Crippen molar-refractivity contribution in [2.24, 2.45) is 27.2 Å². The van der Waals surface area contributed by atoms with Crippen LogP contribution in [0.1, 0.15) is 10.4 Å². The molecule has 2 aromatic rings. The summed E-state index contributed by atoms with van der Waals surface area (Å²) in [5.74, 6) is -0.489. The number of rotatable bonds is 3. The lowest BCUT2D eigenvalue weighted by molar-refractivity contribution is 0.0735. The van der Waals surface area contributed by atoms with Crippen LogP contribution in [0, 0.1) is 0 Å². The zero-order valence-corrected chi connectivity index (χ0v) is 11.6. The lowest BCUT2D eigenvalue weighted by atomic mass is 10.2. The lowest BCUT2D eigenvalue weighted by Crippen LogP contribution is -2.26. The number of esters is 1. The van der Waals surface area contributed by atoms with Gasteiger partial charge in [-0.15, -0.1) is 0 Å². The molecule has 22 heavy (non-hydrogen) atoms. The van der Waals surface area contributed by atoms with Gasteiger partial charge in [0.05, 0.1) is 11.3 Å². The van der Waals surface area contributed by atoms with Crippen LogP contribution in [-0.4, -0.2) is 17.9 Å². The first-order chi connectivity index (χ1) is 10.6. The van der Waals surface area contributed by atoms with Gasteiger partial charge in [0.25, 0.3) is 0 Å². The predicted molar refractivity (Wildman–Crippen MR) is 84.9 cm³/mol. The average molecular weight is 297 g/mol. The van der Waals surface area contributed by atoms with Crippen molar-refractivity contribution in [1.29, 1.82) is 0 Å². The summed E-state index contributed by atoms with van der Waals surface area (Å²) in [6.07, 6.45) is 0. The van der Waals surface area contributed by atoms with Crippen LogP contribution >= 0.6 is 0 Å². The van der Waals surface area contributed by atoms with Crippen molar-refractivity contribution < 1.29 is 9.53 Å². The highest BCUT2D eigenvalue weighted by Crippen LogP contribution is 2.21. The third-order valence-electron chi connectivity index (χ3n) is 2.56. The molecular weight excluding hydrogens is 282 g/mol. The molecule has 0 saturated carbocycles. The SMILES string of the molecule is NC(N)=NC(N)=Nc1ccccc1C(=O)Oc1ccccc1. The fourth-order valence-corrected chi connectivity index (χ4v) is 1.67. The van der Waals surface area contributed by atoms with Crippen LogP contribution < -0.4 is 21.9 Å². The molecule has 0 fully saturated rings. The number of guanidine groups is 2. The molecule has 7 heteroatoms. The minimum atomic E-state index is -0.553. The molecule has 0 aromatic heterocycles. The first kappa shape index (κ1) is 15.0. The summed E-state index contributed by atoms with van der Waals surface area (Å²) in [5.41, 5.74) is 16.6. The van der Waals surface area contributed by atoms with Crippen molar-refractivity contribution in [2.45, 2.75) is 0 Å². The van der Waals surface area contributed by atoms with Crippen LogP contribution in [0.25, 0.3) is 0 Å². The molecule has 0 aliphatic rings. The number of carbonyl (C=O) groups excluding carboxylic acids is 1. The van der Waals surface area contributed by atoms with Crippen molar-refractivity contribution in [2.75, 3.05) is 0 Å². The van der Waals surface area contributed by atoms with Gasteiger partial charge in [-0.2, -0.15) is 4.99 Å². The summed E-state index contributed by atoms with van der Waals surface area (Å²) in [6, 6.07) is 15.3. The molecule has 2 rings (SSSR count). The van der Waals surface area contributed by atoms with Crippen LogP contribution in [0.15, 0.2) is 64.6 Å². The average Bonchev–Trinajstić information content (AvgIpc) is 2.47. The zero-order valence-electron chi connectivity index (χ0n) is 11.6. The topological polar surface area (TPSA) is 129 Å². The van der Waals surface area contributed by atoms with E-state index in [4.69, 9.17) is 21.9 Å². The standard InChI is InChI=1S/C15H15N5O2/c16-14(17)20-15(18)19-12-9-5-4-8-11(12)13(21)22-10-6-2-1-3-7-10/h1-9H,(H6,16,17,18,19,20). The van der Waals surface area contributed by atoms with E-state index < -0.39 is 5.97 Å². The number of benzene rings is 2. The molecule has 0 amide bonds. The monoisotopic (exact) mass is 297 g/mol. The molecule has 0 aliphatic carbocycles. The van der Waals surface area contributed by atoms with Gasteiger partial charge in [-0.05, 0) is 24.3 Å². The minimum absolute atomic E-state index is 0.153. The summed E-state index contributed by atoms with van der Waals surface area (Å²) in [5, 5.41) is 0. The Morgan fingerprint density at radius 2 is 1.55 bits per heavy atom. The van der Waals surface area contributed by atoms with Gasteiger partial charge in [-0.25, -0.2) is 9.79 Å². The van der Waals surface area contributed by atoms with Crippen molar-refractivity contribution in [3.05, 3.63) is 60.2 Å². The van der Waals surface area contributed by atoms with E-state index in [9.17, 15) is 4.79 Å². The van der Waals surface area contributed by atoms with E-state index in [0.29, 0.717) is 11.4 Å². The Hall–Kier alpha value is -3.35. The molecule has 0 spiro atoms. The number of para-hydroxylation sites is 2. The lowest BCUT2D eigenvalue weighted by Gasteiger charge is -2.06. The maximum Gasteiger partial charge on any atom is 0.345 e. The summed E-state index contributed by atoms with van der Waals surface area (Å²) in [4.78, 5) is 19.8. The Kier molecular flexibility index (Phi) is 4.71. The first-order valence-electron chi connectivity index (χ1n) is 6.36. The molecule has 0 bridgehead atoms. The molecular formula is C15H15N5O2. The Morgan fingerprint density at radius 1 is 0.909 bits per heavy atom. The molecule has 0 saturated heterocycles. The van der Waals surface area contributed by atoms with Crippen molar-refractivity contribution in [1.82, 2.24) is 0 Å². The van der Waals surface area contributed by atoms with Crippen molar-refractivity contribution in [3.8, 4) is 5.75 Å². The van der Waals surface area contributed by atoms with Crippen LogP contribution in [0.4, 0.5) is 5.69 Å². The van der Waals surface area contributed by atoms with E-state index >= 15 is 0 Å². The molecule has 112 valence electrons. The quantitative estimate of drug-likeness (QED) is 0.338. The molecule has 6 N–H and O–H groups in total. The van der Waals surface area contributed by atoms with E-state index in [1.807, 2.05) is 6.07 Å². The van der Waals surface area contributed by atoms with Gasteiger partial charge in [0.15, 0.2) is 5.96 Å². The predicted octanol–water partition coefficient (Wildman–Crippen LogP) is 1.13. The Labute approximate surface area is 127 Å². The molecule has 0 radical (unpaired) electrons. The Bertz CT molecular complexity index is 722. The minimum Gasteiger partial charge on any atom is -0.423 e. The van der Waals surface area contributed by atoms with Crippen LogP contribution in [-0.2, 0) is 0 Å². The maximum atomic E-state index is 12.2. The Balaban J connectivity index is 2.28. The smallest absolute Gasteiger partial charge is 0.345 e. The number of nitrogens with zero attached hydrogens (tertiary/aromatic N) is 2. The molecule has 0 unspecified atom stereocenters. The van der Waals surface area contributed by atoms with Gasteiger partial charge < -0.3 is 21.9 Å². The largest absolute Gasteiger partial charge is 0.423 e. The van der Waals surface area contributed by atoms with Gasteiger partial charge in [-0.3, -0.25) is 0 Å². The fraction of sp³-hybridized carbons (Fsp3) is 0. The molecule has 7 nitrogen and oxygen atoms in total. The van der Waals surface area contributed by atoms with E-state index in [0.717, 1.165) is 0 Å². The van der Waals surface area contributed by atoms with Gasteiger partial charge in [0.1, 0.15) is 5.75 Å². The van der Waals surface area contributed by atoms with Gasteiger partial charge >= 0.3 is 5.97 Å². The van der Waals surface area contributed by atoms with Gasteiger partial charge in [-0.1, -0.05) is 30.3 Å². The molecule has 0 aliphatic heterocycles. The van der Waals surface area contributed by atoms with Gasteiger partial charge in [0.2, 0.25) is 5.96 Å². The third kappa shape index (κ3) is 4.07. The van der Waals surface area contributed by atoms with Gasteiger partial charge in [0, 0.05) is 0 Å². The van der Waals surface area contributed by atoms with E-state index in [1.165, 1.54) is 0 Å². The van der Waals surface area contributed by atoms with Crippen molar-refractivity contribution in [3.63, 3.8) is 0 Å². The number of hydrogen-bond donors (Lipinski definition) is 3. The van der Waals surface area contributed by atoms with E-state index in [-0.39, 0.29) is 17.5 Å². The highest BCUT2D eigenvalue weighted by molar-refractivity contribution is 5.99. The second-order valence-electron chi connectivity index (χ2n) is 4.23. The maximum absolute atomic E-state index is 12.2. The Morgan fingerprint density at radius 3 is 2.23 bits per heavy atom. The van der Waals surface area contributed by atoms with Crippen LogP contribution in [0.3, 0.4) is 0 Å². The van der Waals surface area contributed by atoms with Crippen molar-refractivity contribution >= 4 is 23.6 Å². The normalized spacial score (nSPS) is 10.8. The number of aliphatic imine (C=N–C) groups is 2. The highest BCUT2D eigenvalue weighted by atomic mass is 16.5. The second kappa shape index (κ2) is 6.89. The first-order valence-corrected chi connectivity index (χ1v) is 6.36.